The lowest BCUT2D eigenvalue weighted by molar-refractivity contribution is 0.468. The molecule has 0 saturated heterocycles. The van der Waals surface area contributed by atoms with E-state index in [2.05, 4.69) is 15.6 Å². The quantitative estimate of drug-likeness (QED) is 0.646. The van der Waals surface area contributed by atoms with E-state index in [0.29, 0.717) is 16.1 Å². The first kappa shape index (κ1) is 14.6. The molecule has 2 rings (SSSR count). The predicted molar refractivity (Wildman–Crippen MR) is 79.8 cm³/mol. The van der Waals surface area contributed by atoms with Crippen LogP contribution in [-0.4, -0.2) is 24.1 Å². The van der Waals surface area contributed by atoms with Crippen molar-refractivity contribution in [3.63, 3.8) is 0 Å². The molecule has 0 radical (unpaired) electrons. The molecule has 19 heavy (non-hydrogen) atoms. The zero-order chi connectivity index (χ0) is 13.5. The second-order valence-corrected chi connectivity index (χ2v) is 6.18. The van der Waals surface area contributed by atoms with Gasteiger partial charge in [0.05, 0.1) is 0 Å². The molecule has 104 valence electrons. The minimum Gasteiger partial charge on any atom is -0.360 e. The third kappa shape index (κ3) is 4.64. The van der Waals surface area contributed by atoms with Gasteiger partial charge < -0.3 is 10.6 Å². The molecule has 1 heterocycles. The van der Waals surface area contributed by atoms with E-state index in [1.165, 1.54) is 49.9 Å². The topological polar surface area (TPSA) is 60.7 Å². The normalized spacial score (nSPS) is 16.8. The molecule has 0 bridgehead atoms. The Balaban J connectivity index is 1.67. The van der Waals surface area contributed by atoms with Crippen molar-refractivity contribution in [2.75, 3.05) is 18.4 Å². The van der Waals surface area contributed by atoms with Crippen molar-refractivity contribution in [1.82, 2.24) is 10.3 Å². The Bertz CT molecular complexity index is 432. The van der Waals surface area contributed by atoms with Crippen molar-refractivity contribution in [2.45, 2.75) is 44.6 Å². The first-order chi connectivity index (χ1) is 9.29. The summed E-state index contributed by atoms with van der Waals surface area (Å²) in [6.45, 7) is 1.73. The summed E-state index contributed by atoms with van der Waals surface area (Å²) in [4.78, 5) is 4.58. The molecule has 0 spiro atoms. The lowest BCUT2D eigenvalue weighted by Crippen LogP contribution is -2.32. The molecule has 1 aliphatic rings. The van der Waals surface area contributed by atoms with Gasteiger partial charge in [0.2, 0.25) is 0 Å². The third-order valence-electron chi connectivity index (χ3n) is 3.38. The van der Waals surface area contributed by atoms with E-state index in [-0.39, 0.29) is 0 Å². The largest absolute Gasteiger partial charge is 0.360 e. The summed E-state index contributed by atoms with van der Waals surface area (Å²) < 4.78 is 0. The highest BCUT2D eigenvalue weighted by atomic mass is 35.5. The maximum absolute atomic E-state index is 8.80. The number of nitriles is 1. The van der Waals surface area contributed by atoms with E-state index >= 15 is 0 Å². The second-order valence-electron chi connectivity index (χ2n) is 4.82. The molecule has 1 saturated carbocycles. The van der Waals surface area contributed by atoms with Crippen LogP contribution in [0.5, 0.6) is 0 Å². The molecule has 0 aromatic carbocycles. The Morgan fingerprint density at radius 2 is 2.00 bits per heavy atom. The van der Waals surface area contributed by atoms with Crippen LogP contribution in [0.2, 0.25) is 5.15 Å². The zero-order valence-electron chi connectivity index (χ0n) is 10.9. The minimum absolute atomic E-state index is 0.298. The fourth-order valence-electron chi connectivity index (χ4n) is 2.38. The first-order valence-corrected chi connectivity index (χ1v) is 8.02. The number of hydrogen-bond donors (Lipinski definition) is 2. The van der Waals surface area contributed by atoms with Crippen LogP contribution in [0.15, 0.2) is 0 Å². The van der Waals surface area contributed by atoms with Gasteiger partial charge in [0.1, 0.15) is 10.9 Å². The van der Waals surface area contributed by atoms with Crippen LogP contribution in [-0.2, 0) is 0 Å². The van der Waals surface area contributed by atoms with Crippen LogP contribution in [0.25, 0.3) is 0 Å². The first-order valence-electron chi connectivity index (χ1n) is 6.83. The number of nitrogens with zero attached hydrogens (tertiary/aromatic N) is 2. The van der Waals surface area contributed by atoms with E-state index in [4.69, 9.17) is 16.9 Å². The standard InChI is InChI=1S/C13H19ClN4S/c14-12-11(9-15)19-13(18-12)17-8-7-16-10-5-3-1-2-4-6-10/h10,16H,1-8H2,(H,17,18). The number of hydrogen-bond acceptors (Lipinski definition) is 5. The highest BCUT2D eigenvalue weighted by Crippen LogP contribution is 2.25. The van der Waals surface area contributed by atoms with E-state index in [1.807, 2.05) is 6.07 Å². The van der Waals surface area contributed by atoms with Gasteiger partial charge in [-0.15, -0.1) is 0 Å². The Hall–Kier alpha value is -0.830. The van der Waals surface area contributed by atoms with Crippen LogP contribution in [0.4, 0.5) is 5.13 Å². The van der Waals surface area contributed by atoms with E-state index in [9.17, 15) is 0 Å². The van der Waals surface area contributed by atoms with Crippen molar-refractivity contribution in [1.29, 1.82) is 5.26 Å². The molecule has 0 atom stereocenters. The molecule has 2 N–H and O–H groups in total. The molecule has 1 aromatic heterocycles. The van der Waals surface area contributed by atoms with Gasteiger partial charge >= 0.3 is 0 Å². The van der Waals surface area contributed by atoms with Gasteiger partial charge in [-0.05, 0) is 12.8 Å². The van der Waals surface area contributed by atoms with Gasteiger partial charge in [0.25, 0.3) is 0 Å². The van der Waals surface area contributed by atoms with E-state index < -0.39 is 0 Å². The van der Waals surface area contributed by atoms with Crippen molar-refractivity contribution in [3.05, 3.63) is 10.0 Å². The molecule has 1 aromatic rings. The molecule has 6 heteroatoms. The number of thiazole rings is 1. The third-order valence-corrected chi connectivity index (χ3v) is 4.68. The fourth-order valence-corrected chi connectivity index (χ4v) is 3.35. The predicted octanol–water partition coefficient (Wildman–Crippen LogP) is 3.39. The highest BCUT2D eigenvalue weighted by Gasteiger charge is 2.11. The Morgan fingerprint density at radius 3 is 2.63 bits per heavy atom. The average molecular weight is 299 g/mol. The number of anilines is 1. The summed E-state index contributed by atoms with van der Waals surface area (Å²) in [6, 6.07) is 2.70. The van der Waals surface area contributed by atoms with Gasteiger partial charge in [0, 0.05) is 19.1 Å². The van der Waals surface area contributed by atoms with E-state index in [1.54, 1.807) is 0 Å². The lowest BCUT2D eigenvalue weighted by Gasteiger charge is -2.16. The van der Waals surface area contributed by atoms with Crippen molar-refractivity contribution in [2.24, 2.45) is 0 Å². The Labute approximate surface area is 123 Å². The monoisotopic (exact) mass is 298 g/mol. The van der Waals surface area contributed by atoms with Crippen molar-refractivity contribution in [3.8, 4) is 6.07 Å². The van der Waals surface area contributed by atoms with Gasteiger partial charge in [-0.3, -0.25) is 0 Å². The molecule has 4 nitrogen and oxygen atoms in total. The molecule has 0 aliphatic heterocycles. The number of rotatable bonds is 5. The summed E-state index contributed by atoms with van der Waals surface area (Å²) in [7, 11) is 0. The molecular weight excluding hydrogens is 280 g/mol. The van der Waals surface area contributed by atoms with Crippen LogP contribution in [0.1, 0.15) is 43.4 Å². The summed E-state index contributed by atoms with van der Waals surface area (Å²) in [6.07, 6.45) is 8.04. The molecular formula is C13H19ClN4S. The number of nitrogens with one attached hydrogen (secondary N) is 2. The summed E-state index contributed by atoms with van der Waals surface area (Å²) in [5, 5.41) is 16.6. The smallest absolute Gasteiger partial charge is 0.185 e. The lowest BCUT2D eigenvalue weighted by atomic mass is 10.1. The summed E-state index contributed by atoms with van der Waals surface area (Å²) >= 11 is 7.12. The highest BCUT2D eigenvalue weighted by molar-refractivity contribution is 7.16. The van der Waals surface area contributed by atoms with Gasteiger partial charge in [0.15, 0.2) is 10.3 Å². The summed E-state index contributed by atoms with van der Waals surface area (Å²) in [5.74, 6) is 0. The fraction of sp³-hybridized carbons (Fsp3) is 0.692. The SMILES string of the molecule is N#Cc1sc(NCCNC2CCCCCC2)nc1Cl. The average Bonchev–Trinajstić information content (AvgIpc) is 2.63. The van der Waals surface area contributed by atoms with E-state index in [0.717, 1.165) is 18.2 Å². The van der Waals surface area contributed by atoms with Gasteiger partial charge in [-0.1, -0.05) is 48.6 Å². The Morgan fingerprint density at radius 1 is 1.26 bits per heavy atom. The molecule has 0 unspecified atom stereocenters. The van der Waals surface area contributed by atoms with Crippen LogP contribution < -0.4 is 10.6 Å². The number of halogens is 1. The number of aromatic nitrogens is 1. The van der Waals surface area contributed by atoms with Crippen LogP contribution in [0, 0.1) is 11.3 Å². The molecule has 0 amide bonds. The van der Waals surface area contributed by atoms with Crippen LogP contribution >= 0.6 is 22.9 Å². The van der Waals surface area contributed by atoms with Gasteiger partial charge in [-0.2, -0.15) is 5.26 Å². The maximum Gasteiger partial charge on any atom is 0.185 e. The summed E-state index contributed by atoms with van der Waals surface area (Å²) in [5.41, 5.74) is 0. The van der Waals surface area contributed by atoms with Crippen LogP contribution in [0.3, 0.4) is 0 Å². The van der Waals surface area contributed by atoms with Crippen molar-refractivity contribution < 1.29 is 0 Å². The molecule has 1 aliphatic carbocycles. The Kier molecular flexibility index (Phi) is 5.90. The van der Waals surface area contributed by atoms with Gasteiger partial charge in [-0.25, -0.2) is 4.98 Å². The van der Waals surface area contributed by atoms with Crippen molar-refractivity contribution >= 4 is 28.1 Å². The minimum atomic E-state index is 0.298. The molecule has 1 fully saturated rings. The zero-order valence-corrected chi connectivity index (χ0v) is 12.5. The maximum atomic E-state index is 8.80. The second kappa shape index (κ2) is 7.68.